The summed E-state index contributed by atoms with van der Waals surface area (Å²) in [6, 6.07) is 10.5. The van der Waals surface area contributed by atoms with Gasteiger partial charge < -0.3 is 25.0 Å². The molecule has 3 aromatic rings. The van der Waals surface area contributed by atoms with Crippen molar-refractivity contribution in [3.05, 3.63) is 58.5 Å². The zero-order valence-electron chi connectivity index (χ0n) is 18.9. The number of benzene rings is 2. The molecule has 1 fully saturated rings. The normalized spacial score (nSPS) is 13.7. The van der Waals surface area contributed by atoms with Gasteiger partial charge >= 0.3 is 0 Å². The van der Waals surface area contributed by atoms with Gasteiger partial charge in [0, 0.05) is 54.3 Å². The molecule has 2 heterocycles. The Hall–Kier alpha value is -4.50. The Balaban J connectivity index is 1.42. The fourth-order valence-corrected chi connectivity index (χ4v) is 3.71. The molecule has 2 N–H and O–H groups in total. The molecule has 11 heteroatoms. The molecule has 0 unspecified atom stereocenters. The number of azide groups is 1. The molecule has 0 atom stereocenters. The van der Waals surface area contributed by atoms with Crippen molar-refractivity contribution in [2.75, 3.05) is 51.0 Å². The molecule has 174 valence electrons. The molecule has 0 radical (unpaired) electrons. The van der Waals surface area contributed by atoms with Gasteiger partial charge in [0.2, 0.25) is 11.9 Å². The van der Waals surface area contributed by atoms with Gasteiger partial charge in [-0.1, -0.05) is 29.4 Å². The van der Waals surface area contributed by atoms with Crippen LogP contribution in [0.15, 0.2) is 47.6 Å². The molecule has 2 aromatic carbocycles. The molecule has 1 aromatic heterocycles. The molecule has 34 heavy (non-hydrogen) atoms. The predicted octanol–water partition coefficient (Wildman–Crippen LogP) is 3.53. The van der Waals surface area contributed by atoms with Crippen LogP contribution in [0.4, 0.5) is 17.5 Å². The third kappa shape index (κ3) is 4.79. The molecule has 4 rings (SSSR count). The van der Waals surface area contributed by atoms with Crippen LogP contribution < -0.4 is 20.1 Å². The van der Waals surface area contributed by atoms with Crippen LogP contribution in [-0.2, 0) is 4.79 Å². The van der Waals surface area contributed by atoms with Gasteiger partial charge in [0.1, 0.15) is 5.82 Å². The minimum Gasteiger partial charge on any atom is -0.493 e. The number of carbonyl (C=O) groups excluding carboxylic acids is 1. The summed E-state index contributed by atoms with van der Waals surface area (Å²) in [5.41, 5.74) is 16.7. The first-order valence-corrected chi connectivity index (χ1v) is 10.6. The third-order valence-corrected chi connectivity index (χ3v) is 5.56. The van der Waals surface area contributed by atoms with Crippen LogP contribution in [0.1, 0.15) is 5.56 Å². The highest BCUT2D eigenvalue weighted by molar-refractivity contribution is 5.93. The lowest BCUT2D eigenvalue weighted by Crippen LogP contribution is -2.48. The fourth-order valence-electron chi connectivity index (χ4n) is 3.71. The van der Waals surface area contributed by atoms with E-state index in [-0.39, 0.29) is 5.91 Å². The van der Waals surface area contributed by atoms with Gasteiger partial charge in [0.25, 0.3) is 0 Å². The van der Waals surface area contributed by atoms with E-state index in [0.29, 0.717) is 66.0 Å². The van der Waals surface area contributed by atoms with E-state index in [0.717, 1.165) is 5.56 Å². The number of nitrogens with zero attached hydrogens (tertiary/aromatic N) is 7. The molecule has 1 amide bonds. The van der Waals surface area contributed by atoms with Crippen molar-refractivity contribution in [2.45, 2.75) is 0 Å². The van der Waals surface area contributed by atoms with E-state index in [1.54, 1.807) is 67.7 Å². The maximum atomic E-state index is 12.6. The number of carbonyl (C=O) groups is 1. The zero-order valence-corrected chi connectivity index (χ0v) is 18.9. The van der Waals surface area contributed by atoms with Crippen LogP contribution in [0, 0.1) is 0 Å². The van der Waals surface area contributed by atoms with E-state index >= 15 is 0 Å². The number of methoxy groups -OCH3 is 2. The second-order valence-electron chi connectivity index (χ2n) is 7.56. The van der Waals surface area contributed by atoms with Crippen LogP contribution >= 0.6 is 0 Å². The van der Waals surface area contributed by atoms with Crippen molar-refractivity contribution in [1.29, 1.82) is 0 Å². The number of hydrogen-bond acceptors (Lipinski definition) is 8. The molecule has 0 spiro atoms. The second-order valence-corrected chi connectivity index (χ2v) is 7.56. The lowest BCUT2D eigenvalue weighted by atomic mass is 10.2. The highest BCUT2D eigenvalue weighted by atomic mass is 16.5. The molecular formula is C23H24N8O3. The number of aromatic nitrogens is 2. The summed E-state index contributed by atoms with van der Waals surface area (Å²) < 4.78 is 10.7. The molecule has 0 bridgehead atoms. The van der Waals surface area contributed by atoms with Gasteiger partial charge in [-0.3, -0.25) is 4.79 Å². The van der Waals surface area contributed by atoms with Crippen LogP contribution in [-0.4, -0.2) is 61.2 Å². The quantitative estimate of drug-likeness (QED) is 0.256. The smallest absolute Gasteiger partial charge is 0.246 e. The van der Waals surface area contributed by atoms with Gasteiger partial charge in [-0.25, -0.2) is 4.98 Å². The highest BCUT2D eigenvalue weighted by Gasteiger charge is 2.22. The Morgan fingerprint density at radius 2 is 1.76 bits per heavy atom. The van der Waals surface area contributed by atoms with E-state index in [2.05, 4.69) is 20.0 Å². The SMILES string of the molecule is COc1cc2nc(N3CCN(C(=O)/C=C/c4ccc(N=[N+]=[N-])cc4)CC3)nc(N)c2cc1OC. The monoisotopic (exact) mass is 460 g/mol. The number of piperazine rings is 1. The van der Waals surface area contributed by atoms with E-state index < -0.39 is 0 Å². The summed E-state index contributed by atoms with van der Waals surface area (Å²) in [5, 5.41) is 4.22. The number of anilines is 2. The minimum absolute atomic E-state index is 0.0745. The van der Waals surface area contributed by atoms with Gasteiger partial charge in [-0.15, -0.1) is 0 Å². The number of nitrogens with two attached hydrogens (primary N) is 1. The maximum Gasteiger partial charge on any atom is 0.246 e. The van der Waals surface area contributed by atoms with Gasteiger partial charge in [0.05, 0.1) is 19.7 Å². The van der Waals surface area contributed by atoms with Crippen LogP contribution in [0.5, 0.6) is 11.5 Å². The molecular weight excluding hydrogens is 436 g/mol. The Kier molecular flexibility index (Phi) is 6.65. The molecule has 0 saturated carbocycles. The number of fused-ring (bicyclic) bond motifs is 1. The Morgan fingerprint density at radius 3 is 2.41 bits per heavy atom. The Labute approximate surface area is 196 Å². The number of hydrogen-bond donors (Lipinski definition) is 1. The van der Waals surface area contributed by atoms with Gasteiger partial charge in [0.15, 0.2) is 11.5 Å². The number of rotatable bonds is 6. The van der Waals surface area contributed by atoms with Crippen molar-refractivity contribution in [1.82, 2.24) is 14.9 Å². The average molecular weight is 460 g/mol. The number of nitrogen functional groups attached to an aromatic ring is 1. The lowest BCUT2D eigenvalue weighted by molar-refractivity contribution is -0.126. The third-order valence-electron chi connectivity index (χ3n) is 5.56. The van der Waals surface area contributed by atoms with E-state index in [4.69, 9.17) is 20.7 Å². The highest BCUT2D eigenvalue weighted by Crippen LogP contribution is 2.34. The zero-order chi connectivity index (χ0) is 24.1. The summed E-state index contributed by atoms with van der Waals surface area (Å²) in [4.78, 5) is 28.3. The molecule has 1 aliphatic heterocycles. The first kappa shape index (κ1) is 22.7. The lowest BCUT2D eigenvalue weighted by Gasteiger charge is -2.34. The fraction of sp³-hybridized carbons (Fsp3) is 0.261. The number of amides is 1. The van der Waals surface area contributed by atoms with Crippen molar-refractivity contribution in [2.24, 2.45) is 5.11 Å². The first-order chi connectivity index (χ1) is 16.5. The van der Waals surface area contributed by atoms with E-state index in [1.165, 1.54) is 0 Å². The summed E-state index contributed by atoms with van der Waals surface area (Å²) in [7, 11) is 3.13. The largest absolute Gasteiger partial charge is 0.493 e. The molecule has 0 aliphatic carbocycles. The summed E-state index contributed by atoms with van der Waals surface area (Å²) in [6.07, 6.45) is 3.28. The summed E-state index contributed by atoms with van der Waals surface area (Å²) in [6.45, 7) is 2.23. The van der Waals surface area contributed by atoms with Crippen molar-refractivity contribution < 1.29 is 14.3 Å². The Bertz CT molecular complexity index is 1280. The first-order valence-electron chi connectivity index (χ1n) is 10.6. The molecule has 1 saturated heterocycles. The second kappa shape index (κ2) is 9.97. The molecule has 11 nitrogen and oxygen atoms in total. The van der Waals surface area contributed by atoms with E-state index in [9.17, 15) is 4.79 Å². The van der Waals surface area contributed by atoms with Crippen LogP contribution in [0.25, 0.3) is 27.4 Å². The van der Waals surface area contributed by atoms with Crippen LogP contribution in [0.2, 0.25) is 0 Å². The standard InChI is InChI=1S/C23H24N8O3/c1-33-19-13-17-18(14-20(19)34-2)26-23(27-22(17)24)31-11-9-30(10-12-31)21(32)8-5-15-3-6-16(7-4-15)28-29-25/h3-8,13-14H,9-12H2,1-2H3,(H2,24,26,27)/b8-5+. The number of ether oxygens (including phenoxy) is 2. The van der Waals surface area contributed by atoms with Crippen molar-refractivity contribution in [3.8, 4) is 11.5 Å². The van der Waals surface area contributed by atoms with Gasteiger partial charge in [-0.2, -0.15) is 4.98 Å². The van der Waals surface area contributed by atoms with Gasteiger partial charge in [-0.05, 0) is 23.2 Å². The topological polar surface area (TPSA) is 143 Å². The minimum atomic E-state index is -0.0745. The Morgan fingerprint density at radius 1 is 1.09 bits per heavy atom. The predicted molar refractivity (Wildman–Crippen MR) is 130 cm³/mol. The summed E-state index contributed by atoms with van der Waals surface area (Å²) in [5.74, 6) is 1.92. The molecule has 1 aliphatic rings. The average Bonchev–Trinajstić information content (AvgIpc) is 2.87. The van der Waals surface area contributed by atoms with Crippen molar-refractivity contribution >= 4 is 40.3 Å². The van der Waals surface area contributed by atoms with Crippen molar-refractivity contribution in [3.63, 3.8) is 0 Å². The summed E-state index contributed by atoms with van der Waals surface area (Å²) >= 11 is 0. The van der Waals surface area contributed by atoms with E-state index in [1.807, 2.05) is 4.90 Å². The maximum absolute atomic E-state index is 12.6. The van der Waals surface area contributed by atoms with Crippen LogP contribution in [0.3, 0.4) is 0 Å².